The third-order valence-electron chi connectivity index (χ3n) is 1.68. The smallest absolute Gasteiger partial charge is 0.282 e. The van der Waals surface area contributed by atoms with E-state index < -0.39 is 6.43 Å². The van der Waals surface area contributed by atoms with Crippen molar-refractivity contribution in [2.75, 3.05) is 0 Å². The van der Waals surface area contributed by atoms with E-state index in [1.807, 2.05) is 0 Å². The Balaban J connectivity index is 2.84. The minimum Gasteiger partial charge on any atom is -0.303 e. The highest BCUT2D eigenvalue weighted by Gasteiger charge is 2.16. The third kappa shape index (κ3) is 2.34. The Morgan fingerprint density at radius 2 is 2.38 bits per heavy atom. The molecular formula is C8H10F2N2O. The molecule has 0 atom stereocenters. The number of carbonyl (C=O) groups is 1. The van der Waals surface area contributed by atoms with Crippen LogP contribution in [0.3, 0.4) is 0 Å². The van der Waals surface area contributed by atoms with Crippen LogP contribution in [0.4, 0.5) is 8.78 Å². The van der Waals surface area contributed by atoms with Crippen molar-refractivity contribution < 1.29 is 13.6 Å². The number of hydrogen-bond donors (Lipinski definition) is 0. The van der Waals surface area contributed by atoms with Crippen molar-refractivity contribution in [3.05, 3.63) is 17.5 Å². The second kappa shape index (κ2) is 4.11. The zero-order valence-corrected chi connectivity index (χ0v) is 7.20. The van der Waals surface area contributed by atoms with Gasteiger partial charge in [0.1, 0.15) is 12.0 Å². The Bertz CT molecular complexity index is 296. The van der Waals surface area contributed by atoms with Crippen molar-refractivity contribution in [2.24, 2.45) is 7.05 Å². The van der Waals surface area contributed by atoms with Gasteiger partial charge in [0.2, 0.25) is 0 Å². The van der Waals surface area contributed by atoms with Crippen LogP contribution in [0, 0.1) is 0 Å². The number of alkyl halides is 2. The number of aryl methyl sites for hydroxylation is 2. The van der Waals surface area contributed by atoms with Crippen molar-refractivity contribution >= 4 is 6.29 Å². The van der Waals surface area contributed by atoms with E-state index in [1.54, 1.807) is 7.05 Å². The molecule has 1 aromatic heterocycles. The molecule has 0 aliphatic heterocycles. The standard InChI is InChI=1S/C8H10F2N2O/c1-12-5-6(3-2-4-13)7(11-12)8(9)10/h4-5,8H,2-3H2,1H3. The van der Waals surface area contributed by atoms with Crippen molar-refractivity contribution in [3.8, 4) is 0 Å². The average molecular weight is 188 g/mol. The fourth-order valence-corrected chi connectivity index (χ4v) is 1.15. The lowest BCUT2D eigenvalue weighted by Gasteiger charge is -1.96. The highest BCUT2D eigenvalue weighted by Crippen LogP contribution is 2.21. The van der Waals surface area contributed by atoms with Gasteiger partial charge in [-0.1, -0.05) is 0 Å². The molecule has 0 N–H and O–H groups in total. The molecule has 0 fully saturated rings. The quantitative estimate of drug-likeness (QED) is 0.671. The van der Waals surface area contributed by atoms with Crippen molar-refractivity contribution in [1.82, 2.24) is 9.78 Å². The summed E-state index contributed by atoms with van der Waals surface area (Å²) in [6.45, 7) is 0. The molecule has 13 heavy (non-hydrogen) atoms. The monoisotopic (exact) mass is 188 g/mol. The average Bonchev–Trinajstić information content (AvgIpc) is 2.43. The van der Waals surface area contributed by atoms with Crippen molar-refractivity contribution in [1.29, 1.82) is 0 Å². The van der Waals surface area contributed by atoms with Crippen LogP contribution in [0.5, 0.6) is 0 Å². The van der Waals surface area contributed by atoms with Crippen LogP contribution < -0.4 is 0 Å². The molecule has 0 aliphatic rings. The first-order valence-corrected chi connectivity index (χ1v) is 3.89. The molecule has 0 saturated carbocycles. The number of aldehydes is 1. The fourth-order valence-electron chi connectivity index (χ4n) is 1.15. The molecule has 0 radical (unpaired) electrons. The first-order valence-electron chi connectivity index (χ1n) is 3.89. The predicted molar refractivity (Wildman–Crippen MR) is 42.6 cm³/mol. The Kier molecular flexibility index (Phi) is 3.11. The van der Waals surface area contributed by atoms with Crippen LogP contribution in [0.25, 0.3) is 0 Å². The van der Waals surface area contributed by atoms with E-state index in [2.05, 4.69) is 5.10 Å². The molecule has 1 aromatic rings. The molecule has 3 nitrogen and oxygen atoms in total. The van der Waals surface area contributed by atoms with Gasteiger partial charge in [0.15, 0.2) is 0 Å². The molecule has 0 aliphatic carbocycles. The number of rotatable bonds is 4. The first-order chi connectivity index (χ1) is 6.15. The van der Waals surface area contributed by atoms with Gasteiger partial charge in [-0.25, -0.2) is 8.78 Å². The predicted octanol–water partition coefficient (Wildman–Crippen LogP) is 1.49. The van der Waals surface area contributed by atoms with Crippen LogP contribution in [-0.2, 0) is 18.3 Å². The molecule has 1 heterocycles. The molecule has 1 rings (SSSR count). The summed E-state index contributed by atoms with van der Waals surface area (Å²) in [5.41, 5.74) is 0.231. The number of hydrogen-bond acceptors (Lipinski definition) is 2. The minimum atomic E-state index is -2.57. The molecule has 0 amide bonds. The summed E-state index contributed by atoms with van der Waals surface area (Å²) in [5, 5.41) is 3.61. The molecule has 5 heteroatoms. The van der Waals surface area contributed by atoms with Gasteiger partial charge in [0.25, 0.3) is 6.43 Å². The molecule has 0 spiro atoms. The number of halogens is 2. The minimum absolute atomic E-state index is 0.218. The van der Waals surface area contributed by atoms with E-state index in [-0.39, 0.29) is 12.1 Å². The van der Waals surface area contributed by atoms with Gasteiger partial charge in [-0.3, -0.25) is 4.68 Å². The highest BCUT2D eigenvalue weighted by atomic mass is 19.3. The molecule has 0 saturated heterocycles. The van der Waals surface area contributed by atoms with Crippen molar-refractivity contribution in [2.45, 2.75) is 19.3 Å². The molecule has 0 unspecified atom stereocenters. The van der Waals surface area contributed by atoms with Crippen molar-refractivity contribution in [3.63, 3.8) is 0 Å². The van der Waals surface area contributed by atoms with E-state index >= 15 is 0 Å². The van der Waals surface area contributed by atoms with E-state index in [0.717, 1.165) is 0 Å². The lowest BCUT2D eigenvalue weighted by molar-refractivity contribution is -0.107. The van der Waals surface area contributed by atoms with E-state index in [9.17, 15) is 13.6 Å². The Hall–Kier alpha value is -1.26. The summed E-state index contributed by atoms with van der Waals surface area (Å²) in [6, 6.07) is 0. The van der Waals surface area contributed by atoms with Crippen LogP contribution in [0.2, 0.25) is 0 Å². The van der Waals surface area contributed by atoms with Crippen LogP contribution in [0.15, 0.2) is 6.20 Å². The normalized spacial score (nSPS) is 10.8. The summed E-state index contributed by atoms with van der Waals surface area (Å²) >= 11 is 0. The van der Waals surface area contributed by atoms with Gasteiger partial charge in [-0.05, 0) is 12.0 Å². The maximum Gasteiger partial charge on any atom is 0.282 e. The zero-order chi connectivity index (χ0) is 9.84. The number of aromatic nitrogens is 2. The van der Waals surface area contributed by atoms with Crippen LogP contribution in [0.1, 0.15) is 24.1 Å². The molecule has 72 valence electrons. The van der Waals surface area contributed by atoms with Gasteiger partial charge in [-0.2, -0.15) is 5.10 Å². The molecular weight excluding hydrogens is 178 g/mol. The SMILES string of the molecule is Cn1cc(CCC=O)c(C(F)F)n1. The van der Waals surface area contributed by atoms with E-state index in [4.69, 9.17) is 0 Å². The van der Waals surface area contributed by atoms with Gasteiger partial charge in [-0.15, -0.1) is 0 Å². The van der Waals surface area contributed by atoms with Crippen LogP contribution >= 0.6 is 0 Å². The van der Waals surface area contributed by atoms with Gasteiger partial charge >= 0.3 is 0 Å². The number of carbonyl (C=O) groups excluding carboxylic acids is 1. The Morgan fingerprint density at radius 1 is 1.69 bits per heavy atom. The van der Waals surface area contributed by atoms with E-state index in [0.29, 0.717) is 18.3 Å². The fraction of sp³-hybridized carbons (Fsp3) is 0.500. The Morgan fingerprint density at radius 3 is 2.92 bits per heavy atom. The largest absolute Gasteiger partial charge is 0.303 e. The summed E-state index contributed by atoms with van der Waals surface area (Å²) in [7, 11) is 1.58. The summed E-state index contributed by atoms with van der Waals surface area (Å²) in [4.78, 5) is 10.1. The van der Waals surface area contributed by atoms with E-state index in [1.165, 1.54) is 10.9 Å². The lowest BCUT2D eigenvalue weighted by Crippen LogP contribution is -1.93. The van der Waals surface area contributed by atoms with Gasteiger partial charge in [0.05, 0.1) is 0 Å². The second-order valence-corrected chi connectivity index (χ2v) is 2.72. The maximum atomic E-state index is 12.3. The molecule has 0 aromatic carbocycles. The highest BCUT2D eigenvalue weighted by molar-refractivity contribution is 5.50. The zero-order valence-electron chi connectivity index (χ0n) is 7.20. The Labute approximate surface area is 74.4 Å². The maximum absolute atomic E-state index is 12.3. The van der Waals surface area contributed by atoms with Crippen LogP contribution in [-0.4, -0.2) is 16.1 Å². The first kappa shape index (κ1) is 9.83. The summed E-state index contributed by atoms with van der Waals surface area (Å²) in [5.74, 6) is 0. The van der Waals surface area contributed by atoms with Gasteiger partial charge < -0.3 is 4.79 Å². The summed E-state index contributed by atoms with van der Waals surface area (Å²) in [6.07, 6.45) is 0.248. The second-order valence-electron chi connectivity index (χ2n) is 2.72. The topological polar surface area (TPSA) is 34.9 Å². The molecule has 0 bridgehead atoms. The third-order valence-corrected chi connectivity index (χ3v) is 1.68. The number of nitrogens with zero attached hydrogens (tertiary/aromatic N) is 2. The lowest BCUT2D eigenvalue weighted by atomic mass is 10.1. The summed E-state index contributed by atoms with van der Waals surface area (Å²) < 4.78 is 25.9. The van der Waals surface area contributed by atoms with Gasteiger partial charge in [0, 0.05) is 19.7 Å².